The molecule has 1 heterocycles. The van der Waals surface area contributed by atoms with Gasteiger partial charge < -0.3 is 0 Å². The number of benzene rings is 2. The fraction of sp³-hybridized carbons (Fsp3) is 0.111. The van der Waals surface area contributed by atoms with Crippen molar-refractivity contribution < 1.29 is 4.79 Å². The molecule has 0 saturated carbocycles. The highest BCUT2D eigenvalue weighted by Gasteiger charge is 2.10. The monoisotopic (exact) mass is 386 g/mol. The van der Waals surface area contributed by atoms with Gasteiger partial charge in [0.15, 0.2) is 5.13 Å². The minimum Gasteiger partial charge on any atom is -0.298 e. The van der Waals surface area contributed by atoms with Crippen LogP contribution in [0.1, 0.15) is 22.8 Å². The molecule has 3 rings (SSSR count). The number of aromatic nitrogens is 1. The number of hydrogen-bond donors (Lipinski definition) is 1. The first-order chi connectivity index (χ1) is 11.2. The Bertz CT molecular complexity index is 810. The number of halogens is 1. The second-order valence-electron chi connectivity index (χ2n) is 5.05. The molecule has 0 fully saturated rings. The van der Waals surface area contributed by atoms with Gasteiger partial charge in [0, 0.05) is 21.0 Å². The Hall–Kier alpha value is -1.98. The van der Waals surface area contributed by atoms with Crippen LogP contribution in [0.4, 0.5) is 5.13 Å². The lowest BCUT2D eigenvalue weighted by Gasteiger charge is -2.02. The van der Waals surface area contributed by atoms with Gasteiger partial charge >= 0.3 is 0 Å². The number of thiazole rings is 1. The standard InChI is InChI=1S/C18H15BrN2OS/c1-2-12-3-5-13(6-4-12)16-11-23-18(20-16)21-17(22)14-7-9-15(19)10-8-14/h3-11H,2H2,1H3,(H,20,21,22). The van der Waals surface area contributed by atoms with Crippen molar-refractivity contribution in [3.63, 3.8) is 0 Å². The molecule has 0 aliphatic heterocycles. The van der Waals surface area contributed by atoms with Crippen molar-refractivity contribution >= 4 is 38.3 Å². The summed E-state index contributed by atoms with van der Waals surface area (Å²) in [6, 6.07) is 15.6. The molecule has 0 aliphatic rings. The highest BCUT2D eigenvalue weighted by atomic mass is 79.9. The van der Waals surface area contributed by atoms with Crippen molar-refractivity contribution in [2.75, 3.05) is 5.32 Å². The van der Waals surface area contributed by atoms with E-state index in [0.29, 0.717) is 10.7 Å². The van der Waals surface area contributed by atoms with E-state index in [1.807, 2.05) is 17.5 Å². The molecule has 1 amide bonds. The number of amides is 1. The average molecular weight is 387 g/mol. The SMILES string of the molecule is CCc1ccc(-c2csc(NC(=O)c3ccc(Br)cc3)n2)cc1. The topological polar surface area (TPSA) is 42.0 Å². The van der Waals surface area contributed by atoms with Gasteiger partial charge in [-0.2, -0.15) is 0 Å². The minimum atomic E-state index is -0.153. The molecule has 0 saturated heterocycles. The fourth-order valence-electron chi connectivity index (χ4n) is 2.15. The smallest absolute Gasteiger partial charge is 0.257 e. The molecule has 1 N–H and O–H groups in total. The van der Waals surface area contributed by atoms with E-state index >= 15 is 0 Å². The van der Waals surface area contributed by atoms with Crippen LogP contribution in [-0.2, 0) is 6.42 Å². The maximum atomic E-state index is 12.2. The van der Waals surface area contributed by atoms with Crippen LogP contribution < -0.4 is 5.32 Å². The summed E-state index contributed by atoms with van der Waals surface area (Å²) in [4.78, 5) is 16.7. The van der Waals surface area contributed by atoms with E-state index in [1.54, 1.807) is 12.1 Å². The van der Waals surface area contributed by atoms with Gasteiger partial charge in [0.1, 0.15) is 0 Å². The largest absolute Gasteiger partial charge is 0.298 e. The van der Waals surface area contributed by atoms with Crippen LogP contribution in [0.5, 0.6) is 0 Å². The third kappa shape index (κ3) is 3.86. The third-order valence-electron chi connectivity index (χ3n) is 3.49. The number of hydrogen-bond acceptors (Lipinski definition) is 3. The average Bonchev–Trinajstić information content (AvgIpc) is 3.04. The lowest BCUT2D eigenvalue weighted by molar-refractivity contribution is 0.102. The van der Waals surface area contributed by atoms with Gasteiger partial charge in [-0.25, -0.2) is 4.98 Å². The van der Waals surface area contributed by atoms with Crippen LogP contribution in [0.25, 0.3) is 11.3 Å². The zero-order valence-electron chi connectivity index (χ0n) is 12.5. The third-order valence-corrected chi connectivity index (χ3v) is 4.78. The molecule has 1 aromatic heterocycles. The Morgan fingerprint density at radius 2 is 1.83 bits per heavy atom. The van der Waals surface area contributed by atoms with Crippen molar-refractivity contribution in [1.82, 2.24) is 4.98 Å². The Morgan fingerprint density at radius 3 is 2.48 bits per heavy atom. The fourth-order valence-corrected chi connectivity index (χ4v) is 3.12. The second-order valence-corrected chi connectivity index (χ2v) is 6.82. The summed E-state index contributed by atoms with van der Waals surface area (Å²) in [6.07, 6.45) is 1.02. The van der Waals surface area contributed by atoms with E-state index in [2.05, 4.69) is 57.4 Å². The van der Waals surface area contributed by atoms with Crippen molar-refractivity contribution in [2.45, 2.75) is 13.3 Å². The summed E-state index contributed by atoms with van der Waals surface area (Å²) < 4.78 is 0.945. The molecule has 23 heavy (non-hydrogen) atoms. The van der Waals surface area contributed by atoms with Gasteiger partial charge in [0.2, 0.25) is 0 Å². The summed E-state index contributed by atoms with van der Waals surface area (Å²) in [5.74, 6) is -0.153. The maximum Gasteiger partial charge on any atom is 0.257 e. The summed E-state index contributed by atoms with van der Waals surface area (Å²) in [6.45, 7) is 2.13. The number of carbonyl (C=O) groups is 1. The minimum absolute atomic E-state index is 0.153. The summed E-state index contributed by atoms with van der Waals surface area (Å²) >= 11 is 4.79. The first-order valence-corrected chi connectivity index (χ1v) is 8.94. The number of nitrogens with one attached hydrogen (secondary N) is 1. The van der Waals surface area contributed by atoms with E-state index in [9.17, 15) is 4.79 Å². The number of nitrogens with zero attached hydrogens (tertiary/aromatic N) is 1. The predicted molar refractivity (Wildman–Crippen MR) is 99.0 cm³/mol. The zero-order valence-corrected chi connectivity index (χ0v) is 14.9. The summed E-state index contributed by atoms with van der Waals surface area (Å²) in [5, 5.41) is 5.40. The highest BCUT2D eigenvalue weighted by Crippen LogP contribution is 2.25. The number of carbonyl (C=O) groups excluding carboxylic acids is 1. The molecule has 0 aliphatic carbocycles. The predicted octanol–water partition coefficient (Wildman–Crippen LogP) is 5.39. The molecule has 0 bridgehead atoms. The van der Waals surface area contributed by atoms with E-state index in [-0.39, 0.29) is 5.91 Å². The molecule has 116 valence electrons. The quantitative estimate of drug-likeness (QED) is 0.653. The molecule has 3 aromatic rings. The van der Waals surface area contributed by atoms with Crippen molar-refractivity contribution in [1.29, 1.82) is 0 Å². The van der Waals surface area contributed by atoms with E-state index in [1.165, 1.54) is 16.9 Å². The molecule has 0 unspecified atom stereocenters. The van der Waals surface area contributed by atoms with E-state index in [4.69, 9.17) is 0 Å². The van der Waals surface area contributed by atoms with Crippen molar-refractivity contribution in [3.05, 3.63) is 69.5 Å². The van der Waals surface area contributed by atoms with Crippen molar-refractivity contribution in [2.24, 2.45) is 0 Å². The maximum absolute atomic E-state index is 12.2. The Morgan fingerprint density at radius 1 is 1.13 bits per heavy atom. The van der Waals surface area contributed by atoms with Crippen LogP contribution in [0, 0.1) is 0 Å². The van der Waals surface area contributed by atoms with Crippen LogP contribution in [0.3, 0.4) is 0 Å². The normalized spacial score (nSPS) is 10.5. The lowest BCUT2D eigenvalue weighted by Crippen LogP contribution is -2.11. The number of rotatable bonds is 4. The van der Waals surface area contributed by atoms with Crippen LogP contribution in [0.15, 0.2) is 58.4 Å². The van der Waals surface area contributed by atoms with Crippen molar-refractivity contribution in [3.8, 4) is 11.3 Å². The summed E-state index contributed by atoms with van der Waals surface area (Å²) in [5.41, 5.74) is 3.84. The second kappa shape index (κ2) is 7.06. The van der Waals surface area contributed by atoms with Crippen LogP contribution in [0.2, 0.25) is 0 Å². The molecule has 5 heteroatoms. The lowest BCUT2D eigenvalue weighted by atomic mass is 10.1. The molecular weight excluding hydrogens is 372 g/mol. The first-order valence-electron chi connectivity index (χ1n) is 7.27. The zero-order chi connectivity index (χ0) is 16.2. The first kappa shape index (κ1) is 15.9. The Balaban J connectivity index is 1.73. The molecule has 0 atom stereocenters. The van der Waals surface area contributed by atoms with Gasteiger partial charge in [-0.05, 0) is 36.2 Å². The molecule has 3 nitrogen and oxygen atoms in total. The van der Waals surface area contributed by atoms with E-state index in [0.717, 1.165) is 22.2 Å². The van der Waals surface area contributed by atoms with Gasteiger partial charge in [-0.15, -0.1) is 11.3 Å². The van der Waals surface area contributed by atoms with Gasteiger partial charge in [-0.3, -0.25) is 10.1 Å². The van der Waals surface area contributed by atoms with Crippen LogP contribution in [-0.4, -0.2) is 10.9 Å². The molecule has 0 radical (unpaired) electrons. The number of aryl methyl sites for hydroxylation is 1. The molecule has 0 spiro atoms. The Labute approximate surface area is 147 Å². The van der Waals surface area contributed by atoms with Gasteiger partial charge in [0.05, 0.1) is 5.69 Å². The van der Waals surface area contributed by atoms with E-state index < -0.39 is 0 Å². The number of anilines is 1. The molecular formula is C18H15BrN2OS. The summed E-state index contributed by atoms with van der Waals surface area (Å²) in [7, 11) is 0. The highest BCUT2D eigenvalue weighted by molar-refractivity contribution is 9.10. The van der Waals surface area contributed by atoms with Crippen LogP contribution >= 0.6 is 27.3 Å². The van der Waals surface area contributed by atoms with Gasteiger partial charge in [0.25, 0.3) is 5.91 Å². The molecule has 2 aromatic carbocycles. The van der Waals surface area contributed by atoms with Gasteiger partial charge in [-0.1, -0.05) is 47.1 Å². The Kier molecular flexibility index (Phi) is 4.88.